The zero-order valence-corrected chi connectivity index (χ0v) is 17.3. The van der Waals surface area contributed by atoms with Gasteiger partial charge in [-0.1, -0.05) is 25.3 Å². The van der Waals surface area contributed by atoms with Crippen LogP contribution in [0, 0.1) is 5.92 Å². The molecule has 5 unspecified atom stereocenters. The van der Waals surface area contributed by atoms with Crippen LogP contribution in [0.1, 0.15) is 40.5 Å². The largest absolute Gasteiger partial charge is 0.458 e. The third kappa shape index (κ3) is 5.03. The predicted octanol–water partition coefficient (Wildman–Crippen LogP) is 2.55. The van der Waals surface area contributed by atoms with E-state index < -0.39 is 48.2 Å². The highest BCUT2D eigenvalue weighted by Crippen LogP contribution is 2.39. The number of hydrogen-bond acceptors (Lipinski definition) is 7. The van der Waals surface area contributed by atoms with Crippen molar-refractivity contribution >= 4 is 17.9 Å². The number of allylic oxidation sites excluding steroid dienone is 1. The maximum Gasteiger partial charge on any atom is 0.334 e. The number of fused-ring (bicyclic) bond motifs is 1. The first-order chi connectivity index (χ1) is 13.6. The molecule has 1 heterocycles. The van der Waals surface area contributed by atoms with Crippen LogP contribution in [-0.2, 0) is 28.6 Å². The van der Waals surface area contributed by atoms with Crippen LogP contribution >= 0.6 is 0 Å². The highest BCUT2D eigenvalue weighted by molar-refractivity contribution is 5.92. The van der Waals surface area contributed by atoms with Crippen LogP contribution in [-0.4, -0.2) is 47.4 Å². The molecule has 5 atom stereocenters. The van der Waals surface area contributed by atoms with Gasteiger partial charge in [0.15, 0.2) is 12.2 Å². The van der Waals surface area contributed by atoms with Crippen LogP contribution in [0.3, 0.4) is 0 Å². The van der Waals surface area contributed by atoms with Crippen LogP contribution in [0.25, 0.3) is 0 Å². The third-order valence-corrected chi connectivity index (χ3v) is 5.31. The second-order valence-electron chi connectivity index (χ2n) is 7.43. The number of aliphatic hydroxyl groups excluding tert-OH is 1. The molecule has 0 spiro atoms. The van der Waals surface area contributed by atoms with Crippen LogP contribution in [0.5, 0.6) is 0 Å². The van der Waals surface area contributed by atoms with Gasteiger partial charge in [0.25, 0.3) is 0 Å². The molecule has 0 bridgehead atoms. The van der Waals surface area contributed by atoms with Crippen LogP contribution in [0.15, 0.2) is 47.6 Å². The fourth-order valence-electron chi connectivity index (χ4n) is 3.46. The van der Waals surface area contributed by atoms with Gasteiger partial charge in [0.05, 0.1) is 12.0 Å². The lowest BCUT2D eigenvalue weighted by Crippen LogP contribution is -2.43. The standard InChI is InChI=1S/C22H28O7/c1-7-11(2)21(25)28-17-10-13(4)16(24)9-8-12(3)19(27-15(6)23)20-18(17)14(5)22(26)29-20/h7-8,16-20,24H,4-5,9-10H2,1-3,6H3. The molecule has 2 aliphatic rings. The summed E-state index contributed by atoms with van der Waals surface area (Å²) in [5.74, 6) is -2.50. The highest BCUT2D eigenvalue weighted by atomic mass is 16.6. The number of rotatable bonds is 3. The van der Waals surface area contributed by atoms with Gasteiger partial charge in [-0.05, 0) is 38.3 Å². The molecule has 0 amide bonds. The lowest BCUT2D eigenvalue weighted by atomic mass is 9.81. The van der Waals surface area contributed by atoms with E-state index in [2.05, 4.69) is 13.2 Å². The molecule has 29 heavy (non-hydrogen) atoms. The van der Waals surface area contributed by atoms with E-state index in [9.17, 15) is 19.5 Å². The molecule has 1 fully saturated rings. The monoisotopic (exact) mass is 404 g/mol. The molecule has 1 N–H and O–H groups in total. The molecular weight excluding hydrogens is 376 g/mol. The van der Waals surface area contributed by atoms with E-state index in [1.54, 1.807) is 32.9 Å². The van der Waals surface area contributed by atoms with E-state index in [-0.39, 0.29) is 18.4 Å². The molecule has 1 aliphatic carbocycles. The van der Waals surface area contributed by atoms with Crippen molar-refractivity contribution in [3.63, 3.8) is 0 Å². The summed E-state index contributed by atoms with van der Waals surface area (Å²) in [6.45, 7) is 14.0. The van der Waals surface area contributed by atoms with Gasteiger partial charge in [-0.25, -0.2) is 9.59 Å². The molecule has 0 radical (unpaired) electrons. The quantitative estimate of drug-likeness (QED) is 0.334. The fourth-order valence-corrected chi connectivity index (χ4v) is 3.46. The zero-order valence-electron chi connectivity index (χ0n) is 17.3. The number of hydrogen-bond donors (Lipinski definition) is 1. The SMILES string of the molecule is C=C1CC(OC(=O)C(C)=CC)C2C(=C)C(=O)OC2C(OC(C)=O)C(C)=CCC1O. The third-order valence-electron chi connectivity index (χ3n) is 5.31. The van der Waals surface area contributed by atoms with Crippen molar-refractivity contribution in [3.05, 3.63) is 47.6 Å². The second kappa shape index (κ2) is 9.22. The van der Waals surface area contributed by atoms with Crippen LogP contribution in [0.4, 0.5) is 0 Å². The first kappa shape index (κ1) is 22.6. The molecule has 0 aromatic heterocycles. The van der Waals surface area contributed by atoms with Crippen molar-refractivity contribution in [3.8, 4) is 0 Å². The molecule has 0 aromatic carbocycles. The smallest absolute Gasteiger partial charge is 0.334 e. The zero-order chi connectivity index (χ0) is 21.9. The summed E-state index contributed by atoms with van der Waals surface area (Å²) in [5, 5.41) is 10.4. The van der Waals surface area contributed by atoms with Gasteiger partial charge < -0.3 is 19.3 Å². The minimum absolute atomic E-state index is 0.112. The fraction of sp³-hybridized carbons (Fsp3) is 0.500. The number of ether oxygens (including phenoxy) is 3. The Morgan fingerprint density at radius 2 is 1.93 bits per heavy atom. The summed E-state index contributed by atoms with van der Waals surface area (Å²) in [4.78, 5) is 36.5. The van der Waals surface area contributed by atoms with Crippen molar-refractivity contribution in [1.29, 1.82) is 0 Å². The molecule has 0 saturated carbocycles. The van der Waals surface area contributed by atoms with Crippen molar-refractivity contribution in [2.24, 2.45) is 5.92 Å². The first-order valence-electron chi connectivity index (χ1n) is 9.50. The van der Waals surface area contributed by atoms with Crippen LogP contribution < -0.4 is 0 Å². The Hall–Kier alpha value is -2.67. The van der Waals surface area contributed by atoms with E-state index >= 15 is 0 Å². The average molecular weight is 404 g/mol. The molecule has 7 heteroatoms. The Labute approximate surface area is 170 Å². The minimum Gasteiger partial charge on any atom is -0.458 e. The number of carbonyl (C=O) groups excluding carboxylic acids is 3. The molecule has 7 nitrogen and oxygen atoms in total. The minimum atomic E-state index is -0.901. The summed E-state index contributed by atoms with van der Waals surface area (Å²) in [5.41, 5.74) is 1.59. The molecular formula is C22H28O7. The topological polar surface area (TPSA) is 99.1 Å². The Bertz CT molecular complexity index is 789. The van der Waals surface area contributed by atoms with Gasteiger partial charge in [-0.3, -0.25) is 4.79 Å². The van der Waals surface area contributed by atoms with Crippen molar-refractivity contribution in [1.82, 2.24) is 0 Å². The van der Waals surface area contributed by atoms with Gasteiger partial charge in [0.1, 0.15) is 6.10 Å². The Morgan fingerprint density at radius 1 is 1.28 bits per heavy atom. The Morgan fingerprint density at radius 3 is 2.52 bits per heavy atom. The number of aliphatic hydroxyl groups is 1. The molecule has 0 aromatic rings. The van der Waals surface area contributed by atoms with E-state index in [1.165, 1.54) is 6.92 Å². The van der Waals surface area contributed by atoms with Gasteiger partial charge in [0, 0.05) is 24.5 Å². The highest BCUT2D eigenvalue weighted by Gasteiger charge is 2.50. The summed E-state index contributed by atoms with van der Waals surface area (Å²) in [6, 6.07) is 0. The van der Waals surface area contributed by atoms with E-state index in [0.29, 0.717) is 16.7 Å². The number of carbonyl (C=O) groups is 3. The maximum atomic E-state index is 12.4. The summed E-state index contributed by atoms with van der Waals surface area (Å²) < 4.78 is 16.6. The van der Waals surface area contributed by atoms with Gasteiger partial charge >= 0.3 is 17.9 Å². The molecule has 1 aliphatic heterocycles. The van der Waals surface area contributed by atoms with Crippen LogP contribution in [0.2, 0.25) is 0 Å². The molecule has 158 valence electrons. The van der Waals surface area contributed by atoms with Crippen molar-refractivity contribution < 1.29 is 33.7 Å². The maximum absolute atomic E-state index is 12.4. The summed E-state index contributed by atoms with van der Waals surface area (Å²) >= 11 is 0. The Balaban J connectivity index is 2.54. The van der Waals surface area contributed by atoms with E-state index in [0.717, 1.165) is 0 Å². The van der Waals surface area contributed by atoms with Gasteiger partial charge in [-0.2, -0.15) is 0 Å². The van der Waals surface area contributed by atoms with Gasteiger partial charge in [0.2, 0.25) is 0 Å². The van der Waals surface area contributed by atoms with Gasteiger partial charge in [-0.15, -0.1) is 0 Å². The normalized spacial score (nSPS) is 30.8. The predicted molar refractivity (Wildman–Crippen MR) is 106 cm³/mol. The van der Waals surface area contributed by atoms with Crippen molar-refractivity contribution in [2.45, 2.75) is 65.0 Å². The number of esters is 3. The first-order valence-corrected chi connectivity index (χ1v) is 9.50. The second-order valence-corrected chi connectivity index (χ2v) is 7.43. The Kier molecular flexibility index (Phi) is 7.19. The average Bonchev–Trinajstić information content (AvgIpc) is 2.95. The van der Waals surface area contributed by atoms with E-state index in [4.69, 9.17) is 14.2 Å². The molecule has 1 saturated heterocycles. The molecule has 2 rings (SSSR count). The van der Waals surface area contributed by atoms with Crippen molar-refractivity contribution in [2.75, 3.05) is 0 Å². The lowest BCUT2D eigenvalue weighted by Gasteiger charge is -2.33. The summed E-state index contributed by atoms with van der Waals surface area (Å²) in [6.07, 6.45) is 0.158. The summed E-state index contributed by atoms with van der Waals surface area (Å²) in [7, 11) is 0. The lowest BCUT2D eigenvalue weighted by molar-refractivity contribution is -0.162. The van der Waals surface area contributed by atoms with E-state index in [1.807, 2.05) is 0 Å².